The average molecular weight is 300 g/mol. The summed E-state index contributed by atoms with van der Waals surface area (Å²) >= 11 is 6.14. The second-order valence-corrected chi connectivity index (χ2v) is 5.46. The molecule has 1 aromatic rings. The van der Waals surface area contributed by atoms with E-state index in [0.717, 1.165) is 12.0 Å². The van der Waals surface area contributed by atoms with Gasteiger partial charge in [-0.2, -0.15) is 0 Å². The molecule has 0 bridgehead atoms. The summed E-state index contributed by atoms with van der Waals surface area (Å²) in [5.41, 5.74) is 0.936. The van der Waals surface area contributed by atoms with Crippen molar-refractivity contribution in [3.8, 4) is 5.75 Å². The number of benzene rings is 1. The van der Waals surface area contributed by atoms with E-state index in [1.165, 1.54) is 0 Å². The SMILES string of the molecule is CCCOc1ccc(CNC(C(=O)O)C(C)C)cc1Cl. The molecule has 2 N–H and O–H groups in total. The van der Waals surface area contributed by atoms with E-state index in [1.54, 1.807) is 6.07 Å². The maximum absolute atomic E-state index is 11.1. The zero-order valence-corrected chi connectivity index (χ0v) is 12.9. The molecule has 0 aromatic heterocycles. The lowest BCUT2D eigenvalue weighted by molar-refractivity contribution is -0.140. The van der Waals surface area contributed by atoms with Gasteiger partial charge in [0.15, 0.2) is 0 Å². The summed E-state index contributed by atoms with van der Waals surface area (Å²) in [5, 5.41) is 12.7. The van der Waals surface area contributed by atoms with Gasteiger partial charge < -0.3 is 15.2 Å². The van der Waals surface area contributed by atoms with E-state index in [1.807, 2.05) is 32.9 Å². The molecule has 0 fully saturated rings. The molecule has 5 heteroatoms. The first-order chi connectivity index (χ1) is 9.45. The molecule has 112 valence electrons. The van der Waals surface area contributed by atoms with Crippen LogP contribution in [-0.4, -0.2) is 23.7 Å². The van der Waals surface area contributed by atoms with Crippen LogP contribution in [0.15, 0.2) is 18.2 Å². The van der Waals surface area contributed by atoms with Crippen molar-refractivity contribution < 1.29 is 14.6 Å². The molecular formula is C15H22ClNO3. The lowest BCUT2D eigenvalue weighted by Crippen LogP contribution is -2.40. The molecule has 1 aromatic carbocycles. The predicted octanol–water partition coefficient (Wildman–Crippen LogP) is 3.33. The monoisotopic (exact) mass is 299 g/mol. The van der Waals surface area contributed by atoms with Gasteiger partial charge in [0.2, 0.25) is 0 Å². The lowest BCUT2D eigenvalue weighted by atomic mass is 10.0. The minimum atomic E-state index is -0.839. The van der Waals surface area contributed by atoms with Gasteiger partial charge in [0.25, 0.3) is 0 Å². The lowest BCUT2D eigenvalue weighted by Gasteiger charge is -2.18. The number of nitrogens with one attached hydrogen (secondary N) is 1. The summed E-state index contributed by atoms with van der Waals surface area (Å²) < 4.78 is 5.50. The predicted molar refractivity (Wildman–Crippen MR) is 80.3 cm³/mol. The van der Waals surface area contributed by atoms with Crippen molar-refractivity contribution in [2.75, 3.05) is 6.61 Å². The van der Waals surface area contributed by atoms with Gasteiger partial charge in [0.1, 0.15) is 11.8 Å². The minimum Gasteiger partial charge on any atom is -0.492 e. The zero-order valence-electron chi connectivity index (χ0n) is 12.1. The Balaban J connectivity index is 2.65. The van der Waals surface area contributed by atoms with Crippen molar-refractivity contribution >= 4 is 17.6 Å². The number of hydrogen-bond donors (Lipinski definition) is 2. The molecular weight excluding hydrogens is 278 g/mol. The summed E-state index contributed by atoms with van der Waals surface area (Å²) in [6.45, 7) is 6.87. The normalized spacial score (nSPS) is 12.4. The molecule has 0 aliphatic carbocycles. The molecule has 0 radical (unpaired) electrons. The summed E-state index contributed by atoms with van der Waals surface area (Å²) in [5.74, 6) is -0.153. The Bertz CT molecular complexity index is 449. The Morgan fingerprint density at radius 2 is 2.15 bits per heavy atom. The van der Waals surface area contributed by atoms with Gasteiger partial charge in [-0.3, -0.25) is 4.79 Å². The van der Waals surface area contributed by atoms with Crippen molar-refractivity contribution in [2.45, 2.75) is 39.8 Å². The van der Waals surface area contributed by atoms with Crippen LogP contribution < -0.4 is 10.1 Å². The van der Waals surface area contributed by atoms with Crippen LogP contribution in [0.4, 0.5) is 0 Å². The van der Waals surface area contributed by atoms with Crippen LogP contribution in [0, 0.1) is 5.92 Å². The van der Waals surface area contributed by atoms with E-state index in [9.17, 15) is 4.79 Å². The first-order valence-electron chi connectivity index (χ1n) is 6.83. The van der Waals surface area contributed by atoms with Gasteiger partial charge in [-0.15, -0.1) is 0 Å². The fraction of sp³-hybridized carbons (Fsp3) is 0.533. The molecule has 0 spiro atoms. The summed E-state index contributed by atoms with van der Waals surface area (Å²) in [6.07, 6.45) is 0.925. The van der Waals surface area contributed by atoms with Crippen LogP contribution in [0.25, 0.3) is 0 Å². The van der Waals surface area contributed by atoms with E-state index in [-0.39, 0.29) is 5.92 Å². The van der Waals surface area contributed by atoms with E-state index >= 15 is 0 Å². The molecule has 0 heterocycles. The van der Waals surface area contributed by atoms with E-state index < -0.39 is 12.0 Å². The molecule has 4 nitrogen and oxygen atoms in total. The third-order valence-corrected chi connectivity index (χ3v) is 3.21. The second kappa shape index (κ2) is 8.12. The highest BCUT2D eigenvalue weighted by Crippen LogP contribution is 2.25. The number of halogens is 1. The molecule has 0 saturated carbocycles. The van der Waals surface area contributed by atoms with E-state index in [2.05, 4.69) is 5.32 Å². The Labute approximate surface area is 125 Å². The highest BCUT2D eigenvalue weighted by Gasteiger charge is 2.20. The molecule has 0 aliphatic rings. The third-order valence-electron chi connectivity index (χ3n) is 2.92. The fourth-order valence-corrected chi connectivity index (χ4v) is 2.08. The first kappa shape index (κ1) is 16.8. The number of aliphatic carboxylic acids is 1. The largest absolute Gasteiger partial charge is 0.492 e. The molecule has 1 atom stereocenters. The van der Waals surface area contributed by atoms with Crippen molar-refractivity contribution in [3.05, 3.63) is 28.8 Å². The van der Waals surface area contributed by atoms with Crippen LogP contribution in [0.2, 0.25) is 5.02 Å². The van der Waals surface area contributed by atoms with Gasteiger partial charge in [-0.25, -0.2) is 0 Å². The topological polar surface area (TPSA) is 58.6 Å². The Morgan fingerprint density at radius 1 is 1.45 bits per heavy atom. The van der Waals surface area contributed by atoms with Gasteiger partial charge in [-0.1, -0.05) is 38.4 Å². The van der Waals surface area contributed by atoms with Gasteiger partial charge in [0.05, 0.1) is 11.6 Å². The number of rotatable bonds is 8. The van der Waals surface area contributed by atoms with Gasteiger partial charge in [0, 0.05) is 6.54 Å². The summed E-state index contributed by atoms with van der Waals surface area (Å²) in [4.78, 5) is 11.1. The van der Waals surface area contributed by atoms with E-state index in [4.69, 9.17) is 21.4 Å². The van der Waals surface area contributed by atoms with Crippen molar-refractivity contribution in [1.82, 2.24) is 5.32 Å². The molecule has 1 unspecified atom stereocenters. The van der Waals surface area contributed by atoms with E-state index in [0.29, 0.717) is 23.9 Å². The fourth-order valence-electron chi connectivity index (χ4n) is 1.82. The Morgan fingerprint density at radius 3 is 2.65 bits per heavy atom. The molecule has 0 saturated heterocycles. The number of carboxylic acid groups (broad SMARTS) is 1. The quantitative estimate of drug-likeness (QED) is 0.773. The van der Waals surface area contributed by atoms with Crippen molar-refractivity contribution in [3.63, 3.8) is 0 Å². The van der Waals surface area contributed by atoms with Gasteiger partial charge >= 0.3 is 5.97 Å². The zero-order chi connectivity index (χ0) is 15.1. The van der Waals surface area contributed by atoms with Crippen LogP contribution in [0.3, 0.4) is 0 Å². The van der Waals surface area contributed by atoms with Crippen LogP contribution in [0.5, 0.6) is 5.75 Å². The molecule has 0 aliphatic heterocycles. The maximum atomic E-state index is 11.1. The van der Waals surface area contributed by atoms with Gasteiger partial charge in [-0.05, 0) is 30.0 Å². The number of carboxylic acids is 1. The van der Waals surface area contributed by atoms with Crippen molar-refractivity contribution in [2.24, 2.45) is 5.92 Å². The summed E-state index contributed by atoms with van der Waals surface area (Å²) in [6, 6.07) is 4.95. The molecule has 1 rings (SSSR count). The number of carbonyl (C=O) groups is 1. The third kappa shape index (κ3) is 5.02. The van der Waals surface area contributed by atoms with Crippen LogP contribution in [0.1, 0.15) is 32.8 Å². The Hall–Kier alpha value is -1.26. The van der Waals surface area contributed by atoms with Crippen molar-refractivity contribution in [1.29, 1.82) is 0 Å². The molecule has 20 heavy (non-hydrogen) atoms. The first-order valence-corrected chi connectivity index (χ1v) is 7.21. The standard InChI is InChI=1S/C15H22ClNO3/c1-4-7-20-13-6-5-11(8-12(13)16)9-17-14(10(2)3)15(18)19/h5-6,8,10,14,17H,4,7,9H2,1-3H3,(H,18,19). The maximum Gasteiger partial charge on any atom is 0.320 e. The minimum absolute atomic E-state index is 0.0233. The summed E-state index contributed by atoms with van der Waals surface area (Å²) in [7, 11) is 0. The number of ether oxygens (including phenoxy) is 1. The second-order valence-electron chi connectivity index (χ2n) is 5.05. The average Bonchev–Trinajstić information content (AvgIpc) is 2.37. The highest BCUT2D eigenvalue weighted by atomic mass is 35.5. The molecule has 0 amide bonds. The van der Waals surface area contributed by atoms with Crippen LogP contribution >= 0.6 is 11.6 Å². The highest BCUT2D eigenvalue weighted by molar-refractivity contribution is 6.32. The smallest absolute Gasteiger partial charge is 0.320 e. The Kier molecular flexibility index (Phi) is 6.82. The van der Waals surface area contributed by atoms with Crippen LogP contribution in [-0.2, 0) is 11.3 Å². The number of hydrogen-bond acceptors (Lipinski definition) is 3.